The van der Waals surface area contributed by atoms with Crippen LogP contribution in [-0.4, -0.2) is 46.6 Å². The van der Waals surface area contributed by atoms with Gasteiger partial charge in [0.05, 0.1) is 18.6 Å². The molecule has 1 aliphatic carbocycles. The average molecular weight is 369 g/mol. The van der Waals surface area contributed by atoms with Gasteiger partial charge in [-0.1, -0.05) is 44.6 Å². The molecule has 1 amide bonds. The molecule has 140 valence electrons. The fourth-order valence-corrected chi connectivity index (χ4v) is 4.74. The average Bonchev–Trinajstić information content (AvgIpc) is 3.02. The number of nitrogens with two attached hydrogens (primary N) is 1. The number of amides is 1. The summed E-state index contributed by atoms with van der Waals surface area (Å²) in [7, 11) is 0. The van der Waals surface area contributed by atoms with Gasteiger partial charge >= 0.3 is 0 Å². The molecule has 0 bridgehead atoms. The molecule has 0 radical (unpaired) electrons. The minimum atomic E-state index is -1.13. The molecular weight excluding hydrogens is 342 g/mol. The highest BCUT2D eigenvalue weighted by atomic mass is 32.2. The van der Waals surface area contributed by atoms with Gasteiger partial charge in [0.25, 0.3) is 5.78 Å². The zero-order valence-electron chi connectivity index (χ0n) is 14.6. The maximum absolute atomic E-state index is 12.2. The Labute approximate surface area is 152 Å². The van der Waals surface area contributed by atoms with Crippen LogP contribution in [0.1, 0.15) is 58.3 Å². The molecule has 4 N–H and O–H groups in total. The maximum atomic E-state index is 12.2. The smallest absolute Gasteiger partial charge is 0.267 e. The lowest BCUT2D eigenvalue weighted by atomic mass is 9.84. The van der Waals surface area contributed by atoms with Gasteiger partial charge in [0.2, 0.25) is 17.5 Å². The molecular formula is C17H27N3O4S. The van der Waals surface area contributed by atoms with E-state index in [1.54, 1.807) is 11.9 Å². The van der Waals surface area contributed by atoms with E-state index in [-0.39, 0.29) is 16.7 Å². The van der Waals surface area contributed by atoms with Crippen molar-refractivity contribution in [1.82, 2.24) is 10.0 Å². The van der Waals surface area contributed by atoms with Crippen LogP contribution in [0, 0.1) is 0 Å². The molecule has 2 aliphatic rings. The highest BCUT2D eigenvalue weighted by molar-refractivity contribution is 7.99. The van der Waals surface area contributed by atoms with Gasteiger partial charge in [-0.2, -0.15) is 0 Å². The van der Waals surface area contributed by atoms with Crippen molar-refractivity contribution in [2.75, 3.05) is 6.54 Å². The van der Waals surface area contributed by atoms with Crippen molar-refractivity contribution in [2.24, 2.45) is 5.73 Å². The third-order valence-electron chi connectivity index (χ3n) is 4.91. The van der Waals surface area contributed by atoms with Crippen LogP contribution in [0.2, 0.25) is 0 Å². The van der Waals surface area contributed by atoms with E-state index in [9.17, 15) is 19.2 Å². The molecule has 1 heterocycles. The van der Waals surface area contributed by atoms with Crippen LogP contribution in [-0.2, 0) is 19.2 Å². The predicted molar refractivity (Wildman–Crippen MR) is 95.9 cm³/mol. The standard InChI is InChI=1S/C17H27N3O4S/c1-2-6-11(18)14(22)15(23)13(21)10-19-16(24)12-9-17(25-20-12)7-4-3-5-8-17/h11-12,20H,2-10,18H2,1H3,(H,19,24). The summed E-state index contributed by atoms with van der Waals surface area (Å²) in [4.78, 5) is 47.6. The number of rotatable bonds is 8. The molecule has 1 aliphatic heterocycles. The molecule has 1 spiro atoms. The second-order valence-electron chi connectivity index (χ2n) is 6.95. The number of carbonyl (C=O) groups is 4. The van der Waals surface area contributed by atoms with Gasteiger partial charge in [-0.3, -0.25) is 23.9 Å². The minimum absolute atomic E-state index is 0.114. The van der Waals surface area contributed by atoms with Crippen LogP contribution in [0.4, 0.5) is 0 Å². The third-order valence-corrected chi connectivity index (χ3v) is 6.32. The summed E-state index contributed by atoms with van der Waals surface area (Å²) in [5.41, 5.74) is 5.58. The predicted octanol–water partition coefficient (Wildman–Crippen LogP) is 0.650. The van der Waals surface area contributed by atoms with Crippen molar-refractivity contribution >= 4 is 35.2 Å². The zero-order chi connectivity index (χ0) is 18.4. The summed E-state index contributed by atoms with van der Waals surface area (Å²) in [5.74, 6) is -3.22. The van der Waals surface area contributed by atoms with Gasteiger partial charge < -0.3 is 11.1 Å². The summed E-state index contributed by atoms with van der Waals surface area (Å²) >= 11 is 1.62. The van der Waals surface area contributed by atoms with E-state index in [2.05, 4.69) is 10.0 Å². The molecule has 0 aromatic rings. The number of nitrogens with one attached hydrogen (secondary N) is 2. The number of hydrogen-bond acceptors (Lipinski definition) is 7. The lowest BCUT2D eigenvalue weighted by Gasteiger charge is -2.31. The van der Waals surface area contributed by atoms with Gasteiger partial charge in [-0.25, -0.2) is 0 Å². The van der Waals surface area contributed by atoms with E-state index < -0.39 is 29.9 Å². The summed E-state index contributed by atoms with van der Waals surface area (Å²) in [6, 6.07) is -1.32. The Morgan fingerprint density at radius 1 is 1.24 bits per heavy atom. The first kappa shape index (κ1) is 20.1. The summed E-state index contributed by atoms with van der Waals surface area (Å²) in [6.45, 7) is 1.38. The Morgan fingerprint density at radius 2 is 1.92 bits per heavy atom. The van der Waals surface area contributed by atoms with Crippen LogP contribution in [0.25, 0.3) is 0 Å². The van der Waals surface area contributed by atoms with Gasteiger partial charge in [0.1, 0.15) is 0 Å². The van der Waals surface area contributed by atoms with Crippen LogP contribution in [0.15, 0.2) is 0 Å². The Bertz CT molecular complexity index is 546. The number of ketones is 3. The Morgan fingerprint density at radius 3 is 2.56 bits per heavy atom. The first-order valence-electron chi connectivity index (χ1n) is 8.97. The monoisotopic (exact) mass is 369 g/mol. The molecule has 1 saturated carbocycles. The van der Waals surface area contributed by atoms with Gasteiger partial charge in [0, 0.05) is 4.75 Å². The molecule has 0 aromatic heterocycles. The highest BCUT2D eigenvalue weighted by Crippen LogP contribution is 2.46. The van der Waals surface area contributed by atoms with Crippen LogP contribution in [0.3, 0.4) is 0 Å². The summed E-state index contributed by atoms with van der Waals surface area (Å²) in [6.07, 6.45) is 7.51. The van der Waals surface area contributed by atoms with Crippen molar-refractivity contribution in [1.29, 1.82) is 0 Å². The molecule has 2 atom stereocenters. The van der Waals surface area contributed by atoms with Crippen molar-refractivity contribution in [3.05, 3.63) is 0 Å². The molecule has 2 fully saturated rings. The summed E-state index contributed by atoms with van der Waals surface area (Å²) < 4.78 is 3.26. The van der Waals surface area contributed by atoms with Gasteiger partial charge in [-0.15, -0.1) is 0 Å². The van der Waals surface area contributed by atoms with E-state index in [4.69, 9.17) is 5.73 Å². The van der Waals surface area contributed by atoms with Crippen LogP contribution >= 0.6 is 11.9 Å². The highest BCUT2D eigenvalue weighted by Gasteiger charge is 2.43. The lowest BCUT2D eigenvalue weighted by Crippen LogP contribution is -2.46. The van der Waals surface area contributed by atoms with Gasteiger partial charge in [0.15, 0.2) is 0 Å². The molecule has 2 unspecified atom stereocenters. The van der Waals surface area contributed by atoms with Crippen molar-refractivity contribution in [3.8, 4) is 0 Å². The fraction of sp³-hybridized carbons (Fsp3) is 0.765. The minimum Gasteiger partial charge on any atom is -0.347 e. The van der Waals surface area contributed by atoms with Crippen LogP contribution < -0.4 is 15.8 Å². The normalized spacial score (nSPS) is 23.2. The van der Waals surface area contributed by atoms with Crippen molar-refractivity contribution in [3.63, 3.8) is 0 Å². The molecule has 7 nitrogen and oxygen atoms in total. The van der Waals surface area contributed by atoms with Crippen molar-refractivity contribution in [2.45, 2.75) is 75.1 Å². The Hall–Kier alpha value is -1.25. The topological polar surface area (TPSA) is 118 Å². The second kappa shape index (κ2) is 8.91. The molecule has 1 saturated heterocycles. The fourth-order valence-electron chi connectivity index (χ4n) is 3.42. The Kier molecular flexibility index (Phi) is 7.15. The first-order chi connectivity index (χ1) is 11.9. The number of Topliss-reactive ketones (excluding diaryl/α,β-unsaturated/α-hetero) is 3. The van der Waals surface area contributed by atoms with E-state index in [1.807, 2.05) is 6.92 Å². The number of hydrogen-bond donors (Lipinski definition) is 3. The zero-order valence-corrected chi connectivity index (χ0v) is 15.5. The van der Waals surface area contributed by atoms with Gasteiger partial charge in [-0.05, 0) is 25.7 Å². The van der Waals surface area contributed by atoms with E-state index >= 15 is 0 Å². The quantitative estimate of drug-likeness (QED) is 0.326. The molecule has 2 rings (SSSR count). The van der Waals surface area contributed by atoms with Crippen LogP contribution in [0.5, 0.6) is 0 Å². The SMILES string of the molecule is CCCC(N)C(=O)C(=O)C(=O)CNC(=O)C1CC2(CCCCC2)SN1. The maximum Gasteiger partial charge on any atom is 0.267 e. The number of carbonyl (C=O) groups excluding carboxylic acids is 4. The van der Waals surface area contributed by atoms with E-state index in [0.29, 0.717) is 12.8 Å². The third kappa shape index (κ3) is 5.12. The summed E-state index contributed by atoms with van der Waals surface area (Å²) in [5, 5.41) is 2.47. The first-order valence-corrected chi connectivity index (χ1v) is 9.78. The Balaban J connectivity index is 1.78. The molecule has 8 heteroatoms. The molecule has 0 aromatic carbocycles. The van der Waals surface area contributed by atoms with Crippen molar-refractivity contribution < 1.29 is 19.2 Å². The second-order valence-corrected chi connectivity index (χ2v) is 8.26. The largest absolute Gasteiger partial charge is 0.347 e. The van der Waals surface area contributed by atoms with E-state index in [0.717, 1.165) is 19.3 Å². The van der Waals surface area contributed by atoms with E-state index in [1.165, 1.54) is 19.3 Å². The lowest BCUT2D eigenvalue weighted by molar-refractivity contribution is -0.144. The molecule has 25 heavy (non-hydrogen) atoms.